The topological polar surface area (TPSA) is 26.3 Å². The quantitative estimate of drug-likeness (QED) is 0.159. The molecule has 0 aromatic heterocycles. The van der Waals surface area contributed by atoms with Gasteiger partial charge in [0.05, 0.1) is 6.61 Å². The number of carbonyl (C=O) groups is 1. The number of hydrogen-bond donors (Lipinski definition) is 0. The highest BCUT2D eigenvalue weighted by atomic mass is 16.5. The fourth-order valence-corrected chi connectivity index (χ4v) is 3.34. The summed E-state index contributed by atoms with van der Waals surface area (Å²) in [6, 6.07) is 0. The maximum absolute atomic E-state index is 11.6. The zero-order valence-corrected chi connectivity index (χ0v) is 18.6. The molecule has 2 heteroatoms. The van der Waals surface area contributed by atoms with Crippen LogP contribution in [0.3, 0.4) is 0 Å². The monoisotopic (exact) mass is 366 g/mol. The summed E-state index contributed by atoms with van der Waals surface area (Å²) in [5.41, 5.74) is 1.15. The molecule has 26 heavy (non-hydrogen) atoms. The van der Waals surface area contributed by atoms with Gasteiger partial charge in [0.1, 0.15) is 0 Å². The third-order valence-corrected chi connectivity index (χ3v) is 5.25. The Morgan fingerprint density at radius 3 is 1.92 bits per heavy atom. The van der Waals surface area contributed by atoms with Gasteiger partial charge in [-0.3, -0.25) is 0 Å². The van der Waals surface area contributed by atoms with Gasteiger partial charge in [0, 0.05) is 6.08 Å². The Balaban J connectivity index is 3.72. The number of unbranched alkanes of at least 4 members (excludes halogenated alkanes) is 1. The van der Waals surface area contributed by atoms with Gasteiger partial charge >= 0.3 is 5.97 Å². The van der Waals surface area contributed by atoms with Gasteiger partial charge in [-0.05, 0) is 43.9 Å². The first kappa shape index (κ1) is 25.2. The highest BCUT2D eigenvalue weighted by Gasteiger charge is 2.07. The Labute approximate surface area is 164 Å². The van der Waals surface area contributed by atoms with Gasteiger partial charge in [-0.25, -0.2) is 4.79 Å². The van der Waals surface area contributed by atoms with Crippen LogP contribution in [0.2, 0.25) is 0 Å². The van der Waals surface area contributed by atoms with Gasteiger partial charge in [0.25, 0.3) is 0 Å². The molecule has 0 N–H and O–H groups in total. The smallest absolute Gasteiger partial charge is 0.330 e. The van der Waals surface area contributed by atoms with Crippen LogP contribution in [0.5, 0.6) is 0 Å². The lowest BCUT2D eigenvalue weighted by Crippen LogP contribution is -2.03. The maximum Gasteiger partial charge on any atom is 0.330 e. The summed E-state index contributed by atoms with van der Waals surface area (Å²) >= 11 is 0. The van der Waals surface area contributed by atoms with Gasteiger partial charge in [-0.1, -0.05) is 91.6 Å². The molecular weight excluding hydrogens is 320 g/mol. The minimum Gasteiger partial charge on any atom is -0.463 e. The second-order valence-electron chi connectivity index (χ2n) is 8.87. The first-order valence-corrected chi connectivity index (χ1v) is 11.2. The summed E-state index contributed by atoms with van der Waals surface area (Å²) < 4.78 is 5.18. The van der Waals surface area contributed by atoms with Crippen molar-refractivity contribution in [2.45, 2.75) is 112 Å². The highest BCUT2D eigenvalue weighted by molar-refractivity contribution is 5.82. The fraction of sp³-hybridized carbons (Fsp3) is 0.875. The molecule has 154 valence electrons. The van der Waals surface area contributed by atoms with Crippen molar-refractivity contribution in [2.75, 3.05) is 6.61 Å². The van der Waals surface area contributed by atoms with Crippen LogP contribution in [0.1, 0.15) is 112 Å². The van der Waals surface area contributed by atoms with Crippen molar-refractivity contribution in [1.29, 1.82) is 0 Å². The number of carbonyl (C=O) groups excluding carboxylic acids is 1. The van der Waals surface area contributed by atoms with E-state index < -0.39 is 0 Å². The van der Waals surface area contributed by atoms with Crippen molar-refractivity contribution in [3.05, 3.63) is 11.6 Å². The van der Waals surface area contributed by atoms with Crippen LogP contribution in [0.4, 0.5) is 0 Å². The van der Waals surface area contributed by atoms with Crippen LogP contribution in [0, 0.1) is 17.8 Å². The summed E-state index contributed by atoms with van der Waals surface area (Å²) in [7, 11) is 0. The average molecular weight is 367 g/mol. The van der Waals surface area contributed by atoms with Gasteiger partial charge in [0.15, 0.2) is 0 Å². The van der Waals surface area contributed by atoms with Crippen molar-refractivity contribution >= 4 is 5.97 Å². The molecule has 0 spiro atoms. The number of esters is 1. The molecule has 0 aliphatic heterocycles. The Hall–Kier alpha value is -0.790. The number of ether oxygens (including phenoxy) is 1. The zero-order chi connectivity index (χ0) is 19.8. The molecular formula is C24H46O2. The second kappa shape index (κ2) is 16.4. The summed E-state index contributed by atoms with van der Waals surface area (Å²) in [4.78, 5) is 11.6. The van der Waals surface area contributed by atoms with Crippen LogP contribution in [-0.4, -0.2) is 12.6 Å². The molecule has 0 aromatic carbocycles. The molecule has 0 aliphatic rings. The van der Waals surface area contributed by atoms with E-state index in [0.717, 1.165) is 42.6 Å². The minimum absolute atomic E-state index is 0.171. The third kappa shape index (κ3) is 16.7. The zero-order valence-electron chi connectivity index (χ0n) is 18.6. The molecule has 2 nitrogen and oxygen atoms in total. The largest absolute Gasteiger partial charge is 0.463 e. The molecule has 0 saturated heterocycles. The maximum atomic E-state index is 11.6. The van der Waals surface area contributed by atoms with Crippen molar-refractivity contribution in [1.82, 2.24) is 0 Å². The van der Waals surface area contributed by atoms with Crippen LogP contribution in [-0.2, 0) is 9.53 Å². The van der Waals surface area contributed by atoms with E-state index in [2.05, 4.69) is 34.6 Å². The van der Waals surface area contributed by atoms with E-state index in [1.807, 2.05) is 6.92 Å². The summed E-state index contributed by atoms with van der Waals surface area (Å²) in [5, 5.41) is 0. The molecule has 2 atom stereocenters. The predicted octanol–water partition coefficient (Wildman–Crippen LogP) is 7.72. The van der Waals surface area contributed by atoms with Crippen molar-refractivity contribution in [3.63, 3.8) is 0 Å². The van der Waals surface area contributed by atoms with E-state index >= 15 is 0 Å². The van der Waals surface area contributed by atoms with E-state index in [4.69, 9.17) is 4.74 Å². The lowest BCUT2D eigenvalue weighted by atomic mass is 9.91. The molecule has 0 fully saturated rings. The number of hydrogen-bond acceptors (Lipinski definition) is 2. The second-order valence-corrected chi connectivity index (χ2v) is 8.87. The van der Waals surface area contributed by atoms with E-state index in [9.17, 15) is 4.79 Å². The standard InChI is InChI=1S/C24H46O2/c1-7-8-18-26-24(25)19-23(6)17-11-16-22(5)15-10-14-21(4)13-9-12-20(2)3/h19-22H,7-18H2,1-6H3/b23-19+/t21-,22-/m1/s1. The van der Waals surface area contributed by atoms with Crippen LogP contribution >= 0.6 is 0 Å². The first-order valence-electron chi connectivity index (χ1n) is 11.2. The van der Waals surface area contributed by atoms with Crippen molar-refractivity contribution in [3.8, 4) is 0 Å². The normalized spacial score (nSPS) is 14.5. The minimum atomic E-state index is -0.171. The van der Waals surface area contributed by atoms with Crippen molar-refractivity contribution in [2.24, 2.45) is 17.8 Å². The molecule has 0 aromatic rings. The molecule has 0 rings (SSSR count). The Morgan fingerprint density at radius 2 is 1.38 bits per heavy atom. The third-order valence-electron chi connectivity index (χ3n) is 5.25. The predicted molar refractivity (Wildman–Crippen MR) is 114 cm³/mol. The molecule has 0 aliphatic carbocycles. The Kier molecular flexibility index (Phi) is 15.9. The van der Waals surface area contributed by atoms with Gasteiger partial charge in [0.2, 0.25) is 0 Å². The Morgan fingerprint density at radius 1 is 0.846 bits per heavy atom. The van der Waals surface area contributed by atoms with Crippen LogP contribution in [0.15, 0.2) is 11.6 Å². The van der Waals surface area contributed by atoms with Crippen LogP contribution < -0.4 is 0 Å². The van der Waals surface area contributed by atoms with E-state index in [0.29, 0.717) is 6.61 Å². The van der Waals surface area contributed by atoms with Crippen molar-refractivity contribution < 1.29 is 9.53 Å². The lowest BCUT2D eigenvalue weighted by Gasteiger charge is -2.15. The van der Waals surface area contributed by atoms with E-state index in [1.165, 1.54) is 51.4 Å². The van der Waals surface area contributed by atoms with Gasteiger partial charge in [-0.2, -0.15) is 0 Å². The first-order chi connectivity index (χ1) is 12.3. The molecule has 0 heterocycles. The molecule has 0 saturated carbocycles. The average Bonchev–Trinajstić information content (AvgIpc) is 2.54. The number of allylic oxidation sites excluding steroid dienone is 1. The van der Waals surface area contributed by atoms with Crippen LogP contribution in [0.25, 0.3) is 0 Å². The summed E-state index contributed by atoms with van der Waals surface area (Å²) in [6.45, 7) is 14.1. The van der Waals surface area contributed by atoms with Gasteiger partial charge in [-0.15, -0.1) is 0 Å². The van der Waals surface area contributed by atoms with E-state index in [-0.39, 0.29) is 5.97 Å². The number of rotatable bonds is 16. The molecule has 0 bridgehead atoms. The Bertz CT molecular complexity index is 370. The van der Waals surface area contributed by atoms with Gasteiger partial charge < -0.3 is 4.74 Å². The summed E-state index contributed by atoms with van der Waals surface area (Å²) in [6.07, 6.45) is 15.4. The molecule has 0 radical (unpaired) electrons. The summed E-state index contributed by atoms with van der Waals surface area (Å²) in [5.74, 6) is 2.35. The molecule has 0 amide bonds. The highest BCUT2D eigenvalue weighted by Crippen LogP contribution is 2.22. The molecule has 0 unspecified atom stereocenters. The van der Waals surface area contributed by atoms with E-state index in [1.54, 1.807) is 6.08 Å². The fourth-order valence-electron chi connectivity index (χ4n) is 3.34. The SMILES string of the molecule is CCCCOC(=O)/C=C(\C)CCC[C@H](C)CCC[C@H](C)CCCC(C)C. The lowest BCUT2D eigenvalue weighted by molar-refractivity contribution is -0.137.